The minimum atomic E-state index is -0.139. The molecule has 0 aliphatic carbocycles. The molecule has 0 aliphatic heterocycles. The second kappa shape index (κ2) is 7.74. The topological polar surface area (TPSA) is 26.3 Å². The second-order valence-corrected chi connectivity index (χ2v) is 5.47. The molecule has 16 heavy (non-hydrogen) atoms. The Morgan fingerprint density at radius 1 is 1.56 bits per heavy atom. The molecule has 0 aromatic carbocycles. The van der Waals surface area contributed by atoms with Crippen LogP contribution in [0.4, 0.5) is 0 Å². The van der Waals surface area contributed by atoms with Crippen molar-refractivity contribution >= 4 is 29.9 Å². The molecule has 90 valence electrons. The van der Waals surface area contributed by atoms with Crippen LogP contribution in [0.15, 0.2) is 17.5 Å². The van der Waals surface area contributed by atoms with Crippen LogP contribution in [0.2, 0.25) is 0 Å². The van der Waals surface area contributed by atoms with Crippen molar-refractivity contribution in [1.82, 2.24) is 0 Å². The molecule has 0 saturated heterocycles. The van der Waals surface area contributed by atoms with E-state index in [4.69, 9.17) is 4.74 Å². The van der Waals surface area contributed by atoms with Gasteiger partial charge >= 0.3 is 5.97 Å². The van der Waals surface area contributed by atoms with Crippen molar-refractivity contribution in [3.8, 4) is 0 Å². The summed E-state index contributed by atoms with van der Waals surface area (Å²) in [7, 11) is 0. The lowest BCUT2D eigenvalue weighted by Crippen LogP contribution is -2.11. The quantitative estimate of drug-likeness (QED) is 0.600. The molecule has 0 spiro atoms. The molecule has 1 heterocycles. The van der Waals surface area contributed by atoms with Crippen molar-refractivity contribution in [2.75, 3.05) is 6.61 Å². The van der Waals surface area contributed by atoms with E-state index in [0.29, 0.717) is 18.3 Å². The number of thiophene rings is 1. The summed E-state index contributed by atoms with van der Waals surface area (Å²) in [4.78, 5) is 12.5. The SMILES string of the molecule is CCCC(S)CCOC(=O)Cc1cccs1. The lowest BCUT2D eigenvalue weighted by molar-refractivity contribution is -0.142. The standard InChI is InChI=1S/C12H18O2S2/c1-2-4-10(15)6-7-14-12(13)9-11-5-3-8-16-11/h3,5,8,10,15H,2,4,6-7,9H2,1H3. The predicted molar refractivity (Wildman–Crippen MR) is 71.3 cm³/mol. The average molecular weight is 258 g/mol. The molecule has 0 radical (unpaired) electrons. The van der Waals surface area contributed by atoms with E-state index < -0.39 is 0 Å². The van der Waals surface area contributed by atoms with Crippen LogP contribution in [0.1, 0.15) is 31.1 Å². The third-order valence-electron chi connectivity index (χ3n) is 2.23. The summed E-state index contributed by atoms with van der Waals surface area (Å²) >= 11 is 6.00. The van der Waals surface area contributed by atoms with Gasteiger partial charge in [-0.05, 0) is 24.3 Å². The van der Waals surface area contributed by atoms with E-state index in [0.717, 1.165) is 24.1 Å². The van der Waals surface area contributed by atoms with E-state index in [1.807, 2.05) is 17.5 Å². The summed E-state index contributed by atoms with van der Waals surface area (Å²) in [6.07, 6.45) is 3.43. The van der Waals surface area contributed by atoms with Gasteiger partial charge in [0.15, 0.2) is 0 Å². The van der Waals surface area contributed by atoms with Gasteiger partial charge < -0.3 is 4.74 Å². The molecule has 0 bridgehead atoms. The Balaban J connectivity index is 2.11. The second-order valence-electron chi connectivity index (χ2n) is 3.71. The fraction of sp³-hybridized carbons (Fsp3) is 0.583. The Kier molecular flexibility index (Phi) is 6.57. The van der Waals surface area contributed by atoms with Crippen LogP contribution in [-0.2, 0) is 16.0 Å². The number of hydrogen-bond acceptors (Lipinski definition) is 4. The van der Waals surface area contributed by atoms with Crippen molar-refractivity contribution < 1.29 is 9.53 Å². The Morgan fingerprint density at radius 3 is 3.00 bits per heavy atom. The minimum Gasteiger partial charge on any atom is -0.465 e. The highest BCUT2D eigenvalue weighted by Gasteiger charge is 2.07. The van der Waals surface area contributed by atoms with Gasteiger partial charge in [-0.2, -0.15) is 12.6 Å². The molecular formula is C12H18O2S2. The monoisotopic (exact) mass is 258 g/mol. The molecule has 0 N–H and O–H groups in total. The Hall–Kier alpha value is -0.480. The number of carbonyl (C=O) groups excluding carboxylic acids is 1. The zero-order valence-electron chi connectivity index (χ0n) is 9.52. The maximum atomic E-state index is 11.4. The van der Waals surface area contributed by atoms with E-state index in [9.17, 15) is 4.79 Å². The Bertz CT molecular complexity index is 296. The van der Waals surface area contributed by atoms with Gasteiger partial charge in [0.05, 0.1) is 13.0 Å². The third kappa shape index (κ3) is 5.56. The maximum Gasteiger partial charge on any atom is 0.311 e. The van der Waals surface area contributed by atoms with Crippen LogP contribution in [0.3, 0.4) is 0 Å². The third-order valence-corrected chi connectivity index (χ3v) is 3.63. The van der Waals surface area contributed by atoms with E-state index in [-0.39, 0.29) is 5.97 Å². The van der Waals surface area contributed by atoms with Crippen molar-refractivity contribution in [2.24, 2.45) is 0 Å². The first-order valence-electron chi connectivity index (χ1n) is 5.58. The van der Waals surface area contributed by atoms with Crippen molar-refractivity contribution in [3.05, 3.63) is 22.4 Å². The number of hydrogen-bond donors (Lipinski definition) is 1. The molecule has 1 aromatic heterocycles. The number of ether oxygens (including phenoxy) is 1. The van der Waals surface area contributed by atoms with E-state index in [2.05, 4.69) is 19.6 Å². The van der Waals surface area contributed by atoms with Gasteiger partial charge in [-0.25, -0.2) is 0 Å². The van der Waals surface area contributed by atoms with Crippen LogP contribution < -0.4 is 0 Å². The van der Waals surface area contributed by atoms with E-state index in [1.54, 1.807) is 11.3 Å². The predicted octanol–water partition coefficient (Wildman–Crippen LogP) is 3.32. The number of carbonyl (C=O) groups is 1. The fourth-order valence-corrected chi connectivity index (χ4v) is 2.45. The molecule has 0 saturated carbocycles. The largest absolute Gasteiger partial charge is 0.465 e. The zero-order valence-corrected chi connectivity index (χ0v) is 11.2. The summed E-state index contributed by atoms with van der Waals surface area (Å²) in [6, 6.07) is 3.89. The normalized spacial score (nSPS) is 12.4. The fourth-order valence-electron chi connectivity index (χ4n) is 1.39. The lowest BCUT2D eigenvalue weighted by atomic mass is 10.2. The first-order valence-corrected chi connectivity index (χ1v) is 6.98. The molecule has 1 atom stereocenters. The Labute approximate surface area is 106 Å². The van der Waals surface area contributed by atoms with Gasteiger partial charge in [-0.3, -0.25) is 4.79 Å². The van der Waals surface area contributed by atoms with E-state index >= 15 is 0 Å². The number of rotatable bonds is 7. The first kappa shape index (κ1) is 13.6. The van der Waals surface area contributed by atoms with Gasteiger partial charge in [0, 0.05) is 10.1 Å². The highest BCUT2D eigenvalue weighted by Crippen LogP contribution is 2.11. The molecule has 0 aliphatic rings. The summed E-state index contributed by atoms with van der Waals surface area (Å²) < 4.78 is 5.15. The average Bonchev–Trinajstić information content (AvgIpc) is 2.70. The summed E-state index contributed by atoms with van der Waals surface area (Å²) in [5.74, 6) is -0.139. The smallest absolute Gasteiger partial charge is 0.311 e. The maximum absolute atomic E-state index is 11.4. The lowest BCUT2D eigenvalue weighted by Gasteiger charge is -2.09. The Morgan fingerprint density at radius 2 is 2.38 bits per heavy atom. The molecule has 2 nitrogen and oxygen atoms in total. The van der Waals surface area contributed by atoms with Gasteiger partial charge in [-0.15, -0.1) is 11.3 Å². The van der Waals surface area contributed by atoms with Crippen molar-refractivity contribution in [1.29, 1.82) is 0 Å². The van der Waals surface area contributed by atoms with Gasteiger partial charge in [0.2, 0.25) is 0 Å². The van der Waals surface area contributed by atoms with Crippen LogP contribution >= 0.6 is 24.0 Å². The number of esters is 1. The van der Waals surface area contributed by atoms with Crippen LogP contribution in [0.25, 0.3) is 0 Å². The van der Waals surface area contributed by atoms with E-state index in [1.165, 1.54) is 0 Å². The highest BCUT2D eigenvalue weighted by molar-refractivity contribution is 7.80. The summed E-state index contributed by atoms with van der Waals surface area (Å²) in [5, 5.41) is 2.31. The molecule has 1 aromatic rings. The molecule has 0 fully saturated rings. The summed E-state index contributed by atoms with van der Waals surface area (Å²) in [6.45, 7) is 2.62. The van der Waals surface area contributed by atoms with Gasteiger partial charge in [0.1, 0.15) is 0 Å². The molecule has 1 unspecified atom stereocenters. The van der Waals surface area contributed by atoms with Crippen molar-refractivity contribution in [2.45, 2.75) is 37.9 Å². The van der Waals surface area contributed by atoms with Crippen LogP contribution in [-0.4, -0.2) is 17.8 Å². The summed E-state index contributed by atoms with van der Waals surface area (Å²) in [5.41, 5.74) is 0. The highest BCUT2D eigenvalue weighted by atomic mass is 32.1. The molecule has 0 amide bonds. The zero-order chi connectivity index (χ0) is 11.8. The van der Waals surface area contributed by atoms with Gasteiger partial charge in [0.25, 0.3) is 0 Å². The minimum absolute atomic E-state index is 0.139. The van der Waals surface area contributed by atoms with Crippen LogP contribution in [0.5, 0.6) is 0 Å². The molecule has 4 heteroatoms. The van der Waals surface area contributed by atoms with Crippen LogP contribution in [0, 0.1) is 0 Å². The molecular weight excluding hydrogens is 240 g/mol. The van der Waals surface area contributed by atoms with Gasteiger partial charge in [-0.1, -0.05) is 19.4 Å². The number of thiol groups is 1. The molecule has 1 rings (SSSR count). The van der Waals surface area contributed by atoms with Crippen molar-refractivity contribution in [3.63, 3.8) is 0 Å². The first-order chi connectivity index (χ1) is 7.72.